The number of aromatic carboxylic acids is 1. The summed E-state index contributed by atoms with van der Waals surface area (Å²) in [7, 11) is -7.28. The van der Waals surface area contributed by atoms with Gasteiger partial charge in [-0.1, -0.05) is 0 Å². The molecule has 1 unspecified atom stereocenters. The number of nitrogens with one attached hydrogen (secondary N) is 1. The van der Waals surface area contributed by atoms with Crippen molar-refractivity contribution >= 4 is 41.8 Å². The second-order valence-electron chi connectivity index (χ2n) is 4.57. The molecule has 1 aromatic rings. The van der Waals surface area contributed by atoms with Gasteiger partial charge in [0.2, 0.25) is 10.0 Å². The maximum Gasteiger partial charge on any atom is 0.335 e. The quantitative estimate of drug-likeness (QED) is 0.732. The molecular weight excluding hydrogens is 386 g/mol. The molecule has 0 saturated heterocycles. The van der Waals surface area contributed by atoms with Crippen LogP contribution >= 0.6 is 15.9 Å². The summed E-state index contributed by atoms with van der Waals surface area (Å²) in [5, 5.41) is 8.82. The number of sulfone groups is 1. The number of sulfonamides is 1. The van der Waals surface area contributed by atoms with Gasteiger partial charge in [-0.3, -0.25) is 0 Å². The molecule has 0 spiro atoms. The van der Waals surface area contributed by atoms with Gasteiger partial charge >= 0.3 is 5.97 Å². The smallest absolute Gasteiger partial charge is 0.335 e. The van der Waals surface area contributed by atoms with Crippen molar-refractivity contribution in [1.82, 2.24) is 4.72 Å². The monoisotopic (exact) mass is 399 g/mol. The first-order chi connectivity index (χ1) is 9.42. The molecule has 2 N–H and O–H groups in total. The van der Waals surface area contributed by atoms with Crippen LogP contribution in [-0.4, -0.2) is 46.0 Å². The standard InChI is InChI=1S/C11H14BrNO6S2/c1-7(6-20(2,16)17)13-21(18,19)10-4-3-8(11(14)15)5-9(10)12/h3-5,7,13H,6H2,1-2H3,(H,14,15). The largest absolute Gasteiger partial charge is 0.478 e. The molecule has 0 aliphatic heterocycles. The fraction of sp³-hybridized carbons (Fsp3) is 0.364. The lowest BCUT2D eigenvalue weighted by atomic mass is 10.2. The number of carboxylic acids is 1. The van der Waals surface area contributed by atoms with E-state index in [4.69, 9.17) is 5.11 Å². The second-order valence-corrected chi connectivity index (χ2v) is 9.29. The Balaban J connectivity index is 3.06. The van der Waals surface area contributed by atoms with Gasteiger partial charge in [0.25, 0.3) is 0 Å². The molecule has 0 bridgehead atoms. The van der Waals surface area contributed by atoms with Gasteiger partial charge in [0, 0.05) is 16.8 Å². The van der Waals surface area contributed by atoms with Gasteiger partial charge in [-0.05, 0) is 41.1 Å². The molecule has 1 rings (SSSR count). The van der Waals surface area contributed by atoms with Gasteiger partial charge in [-0.25, -0.2) is 26.4 Å². The van der Waals surface area contributed by atoms with Crippen LogP contribution in [-0.2, 0) is 19.9 Å². The van der Waals surface area contributed by atoms with E-state index in [9.17, 15) is 21.6 Å². The van der Waals surface area contributed by atoms with E-state index in [1.165, 1.54) is 6.92 Å². The Morgan fingerprint density at radius 2 is 1.90 bits per heavy atom. The van der Waals surface area contributed by atoms with Crippen LogP contribution in [0.5, 0.6) is 0 Å². The second kappa shape index (κ2) is 6.42. The molecule has 21 heavy (non-hydrogen) atoms. The first-order valence-corrected chi connectivity index (χ1v) is 9.99. The fourth-order valence-electron chi connectivity index (χ4n) is 1.67. The van der Waals surface area contributed by atoms with Crippen molar-refractivity contribution in [1.29, 1.82) is 0 Å². The van der Waals surface area contributed by atoms with E-state index >= 15 is 0 Å². The van der Waals surface area contributed by atoms with Gasteiger partial charge in [0.05, 0.1) is 16.2 Å². The van der Waals surface area contributed by atoms with Crippen LogP contribution in [0.15, 0.2) is 27.6 Å². The highest BCUT2D eigenvalue weighted by molar-refractivity contribution is 9.10. The molecule has 7 nitrogen and oxygen atoms in total. The molecule has 10 heteroatoms. The predicted octanol–water partition coefficient (Wildman–Crippen LogP) is 0.859. The molecule has 0 amide bonds. The molecule has 0 aliphatic carbocycles. The van der Waals surface area contributed by atoms with E-state index in [0.29, 0.717) is 0 Å². The summed E-state index contributed by atoms with van der Waals surface area (Å²) in [5.41, 5.74) is -0.0648. The highest BCUT2D eigenvalue weighted by atomic mass is 79.9. The number of rotatable bonds is 6. The first kappa shape index (κ1) is 18.1. The highest BCUT2D eigenvalue weighted by Crippen LogP contribution is 2.23. The Bertz CT molecular complexity index is 757. The van der Waals surface area contributed by atoms with E-state index in [0.717, 1.165) is 24.5 Å². The predicted molar refractivity (Wildman–Crippen MR) is 80.6 cm³/mol. The van der Waals surface area contributed by atoms with Crippen molar-refractivity contribution in [2.45, 2.75) is 17.9 Å². The molecule has 0 fully saturated rings. The maximum absolute atomic E-state index is 12.1. The van der Waals surface area contributed by atoms with Crippen LogP contribution in [0.3, 0.4) is 0 Å². The van der Waals surface area contributed by atoms with E-state index in [-0.39, 0.29) is 20.7 Å². The fourth-order valence-corrected chi connectivity index (χ4v) is 5.09. The van der Waals surface area contributed by atoms with Crippen molar-refractivity contribution in [2.75, 3.05) is 12.0 Å². The van der Waals surface area contributed by atoms with Crippen LogP contribution < -0.4 is 4.72 Å². The Hall–Kier alpha value is -0.970. The number of hydrogen-bond donors (Lipinski definition) is 2. The topological polar surface area (TPSA) is 118 Å². The Morgan fingerprint density at radius 1 is 1.33 bits per heavy atom. The normalized spacial score (nSPS) is 13.9. The van der Waals surface area contributed by atoms with Gasteiger partial charge in [0.1, 0.15) is 9.84 Å². The third-order valence-corrected chi connectivity index (χ3v) is 6.05. The maximum atomic E-state index is 12.1. The zero-order valence-corrected chi connectivity index (χ0v) is 14.4. The Morgan fingerprint density at radius 3 is 2.33 bits per heavy atom. The molecule has 1 atom stereocenters. The van der Waals surface area contributed by atoms with Crippen molar-refractivity contribution in [3.63, 3.8) is 0 Å². The van der Waals surface area contributed by atoms with Gasteiger partial charge in [-0.15, -0.1) is 0 Å². The molecular formula is C11H14BrNO6S2. The minimum Gasteiger partial charge on any atom is -0.478 e. The molecule has 118 valence electrons. The SMILES string of the molecule is CC(CS(C)(=O)=O)NS(=O)(=O)c1ccc(C(=O)O)cc1Br. The third-order valence-electron chi connectivity index (χ3n) is 2.38. The van der Waals surface area contributed by atoms with Gasteiger partial charge < -0.3 is 5.11 Å². The van der Waals surface area contributed by atoms with Gasteiger partial charge in [0.15, 0.2) is 0 Å². The molecule has 0 saturated carbocycles. The Kier molecular flexibility index (Phi) is 5.53. The average molecular weight is 400 g/mol. The van der Waals surface area contributed by atoms with Crippen molar-refractivity contribution in [3.05, 3.63) is 28.2 Å². The summed E-state index contributed by atoms with van der Waals surface area (Å²) < 4.78 is 48.9. The highest BCUT2D eigenvalue weighted by Gasteiger charge is 2.23. The number of carboxylic acid groups (broad SMARTS) is 1. The lowest BCUT2D eigenvalue weighted by molar-refractivity contribution is 0.0696. The number of carbonyl (C=O) groups is 1. The van der Waals surface area contributed by atoms with Crippen LogP contribution in [0, 0.1) is 0 Å². The lowest BCUT2D eigenvalue weighted by Gasteiger charge is -2.14. The van der Waals surface area contributed by atoms with Crippen molar-refractivity contribution in [3.8, 4) is 0 Å². The zero-order chi connectivity index (χ0) is 16.4. The molecule has 0 aromatic heterocycles. The number of benzene rings is 1. The minimum atomic E-state index is -3.96. The summed E-state index contributed by atoms with van der Waals surface area (Å²) in [4.78, 5) is 10.6. The molecule has 0 heterocycles. The number of hydrogen-bond acceptors (Lipinski definition) is 5. The summed E-state index contributed by atoms with van der Waals surface area (Å²) >= 11 is 3.00. The summed E-state index contributed by atoms with van der Waals surface area (Å²) in [6.45, 7) is 1.43. The average Bonchev–Trinajstić information content (AvgIpc) is 2.24. The third kappa shape index (κ3) is 5.38. The lowest BCUT2D eigenvalue weighted by Crippen LogP contribution is -2.37. The van der Waals surface area contributed by atoms with Crippen LogP contribution in [0.2, 0.25) is 0 Å². The van der Waals surface area contributed by atoms with Crippen LogP contribution in [0.4, 0.5) is 0 Å². The van der Waals surface area contributed by atoms with Crippen molar-refractivity contribution < 1.29 is 26.7 Å². The van der Waals surface area contributed by atoms with Crippen LogP contribution in [0.25, 0.3) is 0 Å². The minimum absolute atomic E-state index is 0.0648. The van der Waals surface area contributed by atoms with E-state index in [1.54, 1.807) is 0 Å². The number of halogens is 1. The molecule has 0 radical (unpaired) electrons. The van der Waals surface area contributed by atoms with Gasteiger partial charge in [-0.2, -0.15) is 0 Å². The molecule has 0 aliphatic rings. The van der Waals surface area contributed by atoms with E-state index in [1.807, 2.05) is 0 Å². The summed E-state index contributed by atoms with van der Waals surface area (Å²) in [6, 6.07) is 2.65. The summed E-state index contributed by atoms with van der Waals surface area (Å²) in [6.07, 6.45) is 1.01. The molecule has 1 aromatic carbocycles. The zero-order valence-electron chi connectivity index (χ0n) is 11.2. The Labute approximate surface area is 131 Å². The van der Waals surface area contributed by atoms with Crippen LogP contribution in [0.1, 0.15) is 17.3 Å². The van der Waals surface area contributed by atoms with E-state index < -0.39 is 31.9 Å². The first-order valence-electron chi connectivity index (χ1n) is 5.65. The summed E-state index contributed by atoms with van der Waals surface area (Å²) in [5.74, 6) is -1.52. The van der Waals surface area contributed by atoms with Crippen molar-refractivity contribution in [2.24, 2.45) is 0 Å². The van der Waals surface area contributed by atoms with E-state index in [2.05, 4.69) is 20.7 Å².